The van der Waals surface area contributed by atoms with Crippen molar-refractivity contribution < 1.29 is 4.79 Å². The zero-order valence-corrected chi connectivity index (χ0v) is 17.1. The van der Waals surface area contributed by atoms with Gasteiger partial charge in [-0.15, -0.1) is 10.2 Å². The molecule has 1 amide bonds. The summed E-state index contributed by atoms with van der Waals surface area (Å²) in [5.41, 5.74) is 7.96. The molecular formula is C17H17ClN6OS2. The number of amides is 1. The molecule has 27 heavy (non-hydrogen) atoms. The van der Waals surface area contributed by atoms with Crippen LogP contribution >= 0.6 is 35.1 Å². The number of aromatic nitrogens is 5. The number of nitrogens with two attached hydrogens (primary N) is 1. The van der Waals surface area contributed by atoms with E-state index in [-0.39, 0.29) is 5.75 Å². The van der Waals surface area contributed by atoms with Crippen molar-refractivity contribution in [1.82, 2.24) is 24.7 Å². The highest BCUT2D eigenvalue weighted by Gasteiger charge is 2.16. The van der Waals surface area contributed by atoms with E-state index in [4.69, 9.17) is 17.3 Å². The number of hydrogen-bond acceptors (Lipinski definition) is 7. The highest BCUT2D eigenvalue weighted by atomic mass is 35.5. The molecule has 0 unspecified atom stereocenters. The van der Waals surface area contributed by atoms with E-state index < -0.39 is 5.91 Å². The van der Waals surface area contributed by atoms with Crippen molar-refractivity contribution in [1.29, 1.82) is 0 Å². The van der Waals surface area contributed by atoms with E-state index in [2.05, 4.69) is 20.2 Å². The normalized spacial score (nSPS) is 10.9. The van der Waals surface area contributed by atoms with Gasteiger partial charge in [0, 0.05) is 22.1 Å². The predicted molar refractivity (Wildman–Crippen MR) is 107 cm³/mol. The Hall–Kier alpha value is -2.10. The minimum absolute atomic E-state index is 0.124. The summed E-state index contributed by atoms with van der Waals surface area (Å²) in [5.74, 6) is 0.955. The first-order valence-corrected chi connectivity index (χ1v) is 10.3. The SMILES string of the molecule is Cc1cc(C)nc(SCc2nnc(SCC(N)=O)n2-c2ccc(Cl)cc2)n1. The lowest BCUT2D eigenvalue weighted by Gasteiger charge is -2.10. The average molecular weight is 421 g/mol. The molecule has 0 atom stereocenters. The smallest absolute Gasteiger partial charge is 0.227 e. The Kier molecular flexibility index (Phi) is 6.35. The molecule has 3 aromatic rings. The summed E-state index contributed by atoms with van der Waals surface area (Å²) < 4.78 is 1.89. The second-order valence-electron chi connectivity index (χ2n) is 5.69. The summed E-state index contributed by atoms with van der Waals surface area (Å²) in [7, 11) is 0. The van der Waals surface area contributed by atoms with Crippen LogP contribution in [0.15, 0.2) is 40.6 Å². The van der Waals surface area contributed by atoms with E-state index in [0.29, 0.717) is 21.1 Å². The number of rotatable bonds is 7. The number of aryl methyl sites for hydroxylation is 2. The average Bonchev–Trinajstić information content (AvgIpc) is 3.01. The molecule has 2 heterocycles. The van der Waals surface area contributed by atoms with Gasteiger partial charge in [-0.3, -0.25) is 9.36 Å². The van der Waals surface area contributed by atoms with E-state index in [9.17, 15) is 4.79 Å². The van der Waals surface area contributed by atoms with Gasteiger partial charge in [0.2, 0.25) is 5.91 Å². The molecule has 0 saturated carbocycles. The van der Waals surface area contributed by atoms with Crippen molar-refractivity contribution in [3.63, 3.8) is 0 Å². The maximum absolute atomic E-state index is 11.2. The molecule has 0 fully saturated rings. The summed E-state index contributed by atoms with van der Waals surface area (Å²) in [6.07, 6.45) is 0. The molecule has 0 spiro atoms. The molecule has 2 aromatic heterocycles. The Balaban J connectivity index is 1.89. The van der Waals surface area contributed by atoms with Crippen LogP contribution in [-0.2, 0) is 10.5 Å². The number of halogens is 1. The highest BCUT2D eigenvalue weighted by Crippen LogP contribution is 2.26. The van der Waals surface area contributed by atoms with Gasteiger partial charge in [-0.25, -0.2) is 9.97 Å². The fourth-order valence-corrected chi connectivity index (χ4v) is 4.06. The van der Waals surface area contributed by atoms with Crippen molar-refractivity contribution in [3.05, 3.63) is 52.6 Å². The first-order chi connectivity index (χ1) is 12.9. The third-order valence-corrected chi connectivity index (χ3v) is 5.47. The van der Waals surface area contributed by atoms with Crippen molar-refractivity contribution in [2.75, 3.05) is 5.75 Å². The standard InChI is InChI=1S/C17H17ClN6OS2/c1-10-7-11(2)21-16(20-10)26-9-15-22-23-17(27-8-14(19)25)24(15)13-5-3-12(18)4-6-13/h3-7H,8-9H2,1-2H3,(H2,19,25). The summed E-state index contributed by atoms with van der Waals surface area (Å²) in [6, 6.07) is 9.27. The third-order valence-electron chi connectivity index (χ3n) is 3.42. The Morgan fingerprint density at radius 1 is 1.11 bits per heavy atom. The predicted octanol–water partition coefficient (Wildman–Crippen LogP) is 3.20. The van der Waals surface area contributed by atoms with Gasteiger partial charge in [0.1, 0.15) is 5.82 Å². The van der Waals surface area contributed by atoms with Crippen LogP contribution in [0.5, 0.6) is 0 Å². The molecular weight excluding hydrogens is 404 g/mol. The Morgan fingerprint density at radius 2 is 1.78 bits per heavy atom. The van der Waals surface area contributed by atoms with Gasteiger partial charge in [-0.05, 0) is 44.2 Å². The second-order valence-corrected chi connectivity index (χ2v) is 8.01. The van der Waals surface area contributed by atoms with Crippen LogP contribution in [0, 0.1) is 13.8 Å². The number of nitrogens with zero attached hydrogens (tertiary/aromatic N) is 5. The van der Waals surface area contributed by atoms with Gasteiger partial charge in [0.05, 0.1) is 11.5 Å². The Morgan fingerprint density at radius 3 is 2.41 bits per heavy atom. The van der Waals surface area contributed by atoms with Crippen molar-refractivity contribution in [2.24, 2.45) is 5.73 Å². The molecule has 10 heteroatoms. The largest absolute Gasteiger partial charge is 0.369 e. The minimum Gasteiger partial charge on any atom is -0.369 e. The monoisotopic (exact) mass is 420 g/mol. The van der Waals surface area contributed by atoms with Crippen molar-refractivity contribution in [2.45, 2.75) is 29.9 Å². The molecule has 2 N–H and O–H groups in total. The van der Waals surface area contributed by atoms with E-state index in [1.807, 2.05) is 36.6 Å². The molecule has 0 radical (unpaired) electrons. The fourth-order valence-electron chi connectivity index (χ4n) is 2.36. The van der Waals surface area contributed by atoms with Crippen LogP contribution in [0.25, 0.3) is 5.69 Å². The molecule has 0 aliphatic heterocycles. The number of carbonyl (C=O) groups is 1. The Labute approximate surface area is 170 Å². The summed E-state index contributed by atoms with van der Waals surface area (Å²) >= 11 is 8.72. The molecule has 0 bridgehead atoms. The molecule has 1 aromatic carbocycles. The second kappa shape index (κ2) is 8.73. The quantitative estimate of drug-likeness (QED) is 0.462. The topological polar surface area (TPSA) is 99.6 Å². The van der Waals surface area contributed by atoms with Crippen LogP contribution in [0.2, 0.25) is 5.02 Å². The van der Waals surface area contributed by atoms with E-state index in [0.717, 1.165) is 22.9 Å². The highest BCUT2D eigenvalue weighted by molar-refractivity contribution is 7.99. The molecule has 7 nitrogen and oxygen atoms in total. The van der Waals surface area contributed by atoms with Gasteiger partial charge in [-0.2, -0.15) is 0 Å². The fraction of sp³-hybridized carbons (Fsp3) is 0.235. The Bertz CT molecular complexity index is 940. The van der Waals surface area contributed by atoms with Crippen molar-refractivity contribution in [3.8, 4) is 5.69 Å². The van der Waals surface area contributed by atoms with Crippen LogP contribution in [-0.4, -0.2) is 36.4 Å². The molecule has 0 saturated heterocycles. The number of benzene rings is 1. The molecule has 140 valence electrons. The molecule has 0 aliphatic rings. The first-order valence-electron chi connectivity index (χ1n) is 7.99. The van der Waals surface area contributed by atoms with Crippen molar-refractivity contribution >= 4 is 41.0 Å². The van der Waals surface area contributed by atoms with Gasteiger partial charge >= 0.3 is 0 Å². The lowest BCUT2D eigenvalue weighted by Crippen LogP contribution is -2.13. The maximum atomic E-state index is 11.2. The lowest BCUT2D eigenvalue weighted by atomic mass is 10.3. The number of primary amides is 1. The van der Waals surface area contributed by atoms with E-state index >= 15 is 0 Å². The summed E-state index contributed by atoms with van der Waals surface area (Å²) in [6.45, 7) is 3.88. The zero-order chi connectivity index (χ0) is 19.4. The summed E-state index contributed by atoms with van der Waals surface area (Å²) in [4.78, 5) is 20.0. The van der Waals surface area contributed by atoms with Crippen LogP contribution in [0.3, 0.4) is 0 Å². The van der Waals surface area contributed by atoms with Crippen LogP contribution < -0.4 is 5.73 Å². The minimum atomic E-state index is -0.412. The van der Waals surface area contributed by atoms with Crippen LogP contribution in [0.1, 0.15) is 17.2 Å². The number of thioether (sulfide) groups is 2. The van der Waals surface area contributed by atoms with Gasteiger partial charge in [0.15, 0.2) is 10.3 Å². The first kappa shape index (κ1) is 19.7. The number of hydrogen-bond donors (Lipinski definition) is 1. The van der Waals surface area contributed by atoms with Gasteiger partial charge < -0.3 is 5.73 Å². The number of carbonyl (C=O) groups excluding carboxylic acids is 1. The third kappa shape index (κ3) is 5.21. The zero-order valence-electron chi connectivity index (χ0n) is 14.7. The van der Waals surface area contributed by atoms with Crippen LogP contribution in [0.4, 0.5) is 0 Å². The van der Waals surface area contributed by atoms with E-state index in [1.54, 1.807) is 12.1 Å². The lowest BCUT2D eigenvalue weighted by molar-refractivity contribution is -0.115. The molecule has 0 aliphatic carbocycles. The summed E-state index contributed by atoms with van der Waals surface area (Å²) in [5, 5.41) is 10.4. The van der Waals surface area contributed by atoms with Gasteiger partial charge in [0.25, 0.3) is 0 Å². The van der Waals surface area contributed by atoms with Gasteiger partial charge in [-0.1, -0.05) is 35.1 Å². The molecule has 3 rings (SSSR count). The maximum Gasteiger partial charge on any atom is 0.227 e. The van der Waals surface area contributed by atoms with E-state index in [1.165, 1.54) is 23.5 Å².